The molecule has 0 aliphatic rings. The van der Waals surface area contributed by atoms with Crippen molar-refractivity contribution in [3.63, 3.8) is 0 Å². The minimum Gasteiger partial charge on any atom is -0.448 e. The van der Waals surface area contributed by atoms with Gasteiger partial charge >= 0.3 is 5.97 Å². The SMILES string of the molecule is CC(OC(=O)c1csc(NCc2ccccc2)n1)C(=O)Nc1cccc(Cl)c1Cl. The summed E-state index contributed by atoms with van der Waals surface area (Å²) in [5.74, 6) is -1.21. The Morgan fingerprint density at radius 2 is 1.90 bits per heavy atom. The molecule has 0 fully saturated rings. The van der Waals surface area contributed by atoms with Gasteiger partial charge in [-0.3, -0.25) is 4.79 Å². The number of ether oxygens (including phenoxy) is 1. The van der Waals surface area contributed by atoms with Gasteiger partial charge in [0.1, 0.15) is 0 Å². The van der Waals surface area contributed by atoms with Crippen molar-refractivity contribution in [1.82, 2.24) is 4.98 Å². The Balaban J connectivity index is 1.54. The van der Waals surface area contributed by atoms with Crippen LogP contribution < -0.4 is 10.6 Å². The molecular weight excluding hydrogens is 433 g/mol. The smallest absolute Gasteiger partial charge is 0.358 e. The molecule has 0 bridgehead atoms. The van der Waals surface area contributed by atoms with Gasteiger partial charge in [0.2, 0.25) is 0 Å². The molecule has 0 aliphatic carbocycles. The molecular formula is C20H17Cl2N3O3S. The van der Waals surface area contributed by atoms with Gasteiger partial charge in [-0.2, -0.15) is 0 Å². The number of nitrogens with zero attached hydrogens (tertiary/aromatic N) is 1. The van der Waals surface area contributed by atoms with Crippen LogP contribution in [0.5, 0.6) is 0 Å². The molecule has 1 amide bonds. The maximum atomic E-state index is 12.3. The van der Waals surface area contributed by atoms with Crippen LogP contribution in [0.1, 0.15) is 23.0 Å². The van der Waals surface area contributed by atoms with E-state index in [-0.39, 0.29) is 10.7 Å². The number of hydrogen-bond acceptors (Lipinski definition) is 6. The molecule has 0 spiro atoms. The normalized spacial score (nSPS) is 11.6. The van der Waals surface area contributed by atoms with E-state index < -0.39 is 18.0 Å². The van der Waals surface area contributed by atoms with Crippen molar-refractivity contribution >= 4 is 57.2 Å². The summed E-state index contributed by atoms with van der Waals surface area (Å²) >= 11 is 13.3. The van der Waals surface area contributed by atoms with E-state index in [4.69, 9.17) is 27.9 Å². The number of nitrogens with one attached hydrogen (secondary N) is 2. The number of thiazole rings is 1. The second-order valence-electron chi connectivity index (χ2n) is 6.02. The zero-order chi connectivity index (χ0) is 20.8. The van der Waals surface area contributed by atoms with E-state index in [1.54, 1.807) is 23.6 Å². The van der Waals surface area contributed by atoms with Crippen LogP contribution in [0.4, 0.5) is 10.8 Å². The highest BCUT2D eigenvalue weighted by molar-refractivity contribution is 7.13. The number of halogens is 2. The molecule has 150 valence electrons. The predicted molar refractivity (Wildman–Crippen MR) is 116 cm³/mol. The molecule has 6 nitrogen and oxygen atoms in total. The van der Waals surface area contributed by atoms with Gasteiger partial charge in [-0.25, -0.2) is 9.78 Å². The van der Waals surface area contributed by atoms with Gasteiger partial charge in [-0.1, -0.05) is 59.6 Å². The van der Waals surface area contributed by atoms with Crippen LogP contribution in [0.25, 0.3) is 0 Å². The van der Waals surface area contributed by atoms with E-state index in [2.05, 4.69) is 15.6 Å². The molecule has 1 unspecified atom stereocenters. The molecule has 2 aromatic carbocycles. The van der Waals surface area contributed by atoms with E-state index >= 15 is 0 Å². The molecule has 29 heavy (non-hydrogen) atoms. The third-order valence-electron chi connectivity index (χ3n) is 3.86. The van der Waals surface area contributed by atoms with Crippen LogP contribution in [-0.2, 0) is 16.1 Å². The van der Waals surface area contributed by atoms with E-state index in [0.29, 0.717) is 22.4 Å². The first kappa shape index (κ1) is 21.1. The Morgan fingerprint density at radius 1 is 1.14 bits per heavy atom. The Bertz CT molecular complexity index is 1010. The van der Waals surface area contributed by atoms with E-state index in [1.165, 1.54) is 18.3 Å². The summed E-state index contributed by atoms with van der Waals surface area (Å²) in [4.78, 5) is 28.8. The highest BCUT2D eigenvalue weighted by atomic mass is 35.5. The first-order chi connectivity index (χ1) is 13.9. The van der Waals surface area contributed by atoms with Gasteiger partial charge in [0, 0.05) is 11.9 Å². The highest BCUT2D eigenvalue weighted by Crippen LogP contribution is 2.29. The summed E-state index contributed by atoms with van der Waals surface area (Å²) in [6.07, 6.45) is -1.04. The zero-order valence-corrected chi connectivity index (χ0v) is 17.6. The summed E-state index contributed by atoms with van der Waals surface area (Å²) in [6, 6.07) is 14.7. The average Bonchev–Trinajstić information content (AvgIpc) is 3.20. The first-order valence-corrected chi connectivity index (χ1v) is 10.3. The number of esters is 1. The molecule has 0 saturated carbocycles. The van der Waals surface area contributed by atoms with Crippen molar-refractivity contribution in [1.29, 1.82) is 0 Å². The maximum absolute atomic E-state index is 12.3. The Labute approximate surface area is 181 Å². The molecule has 1 atom stereocenters. The Morgan fingerprint density at radius 3 is 2.66 bits per heavy atom. The van der Waals surface area contributed by atoms with Crippen LogP contribution in [0, 0.1) is 0 Å². The van der Waals surface area contributed by atoms with Gasteiger partial charge in [0.15, 0.2) is 16.9 Å². The van der Waals surface area contributed by atoms with Gasteiger partial charge < -0.3 is 15.4 Å². The van der Waals surface area contributed by atoms with Crippen LogP contribution >= 0.6 is 34.5 Å². The van der Waals surface area contributed by atoms with Gasteiger partial charge in [0.25, 0.3) is 5.91 Å². The Kier molecular flexibility index (Phi) is 7.09. The second-order valence-corrected chi connectivity index (χ2v) is 7.66. The number of hydrogen-bond donors (Lipinski definition) is 2. The second kappa shape index (κ2) is 9.73. The average molecular weight is 450 g/mol. The lowest BCUT2D eigenvalue weighted by molar-refractivity contribution is -0.123. The van der Waals surface area contributed by atoms with Crippen molar-refractivity contribution in [2.24, 2.45) is 0 Å². The van der Waals surface area contributed by atoms with Gasteiger partial charge in [-0.05, 0) is 24.6 Å². The Hall–Kier alpha value is -2.61. The minimum absolute atomic E-state index is 0.131. The molecule has 0 aliphatic heterocycles. The zero-order valence-electron chi connectivity index (χ0n) is 15.3. The largest absolute Gasteiger partial charge is 0.448 e. The molecule has 0 saturated heterocycles. The third-order valence-corrected chi connectivity index (χ3v) is 5.48. The van der Waals surface area contributed by atoms with Gasteiger partial charge in [0.05, 0.1) is 15.7 Å². The molecule has 0 radical (unpaired) electrons. The number of benzene rings is 2. The van der Waals surface area contributed by atoms with Crippen molar-refractivity contribution in [2.45, 2.75) is 19.6 Å². The minimum atomic E-state index is -1.04. The lowest BCUT2D eigenvalue weighted by Gasteiger charge is -2.14. The molecule has 3 rings (SSSR count). The monoisotopic (exact) mass is 449 g/mol. The fourth-order valence-corrected chi connectivity index (χ4v) is 3.36. The summed E-state index contributed by atoms with van der Waals surface area (Å²) in [7, 11) is 0. The number of rotatable bonds is 7. The van der Waals surface area contributed by atoms with Crippen molar-refractivity contribution in [3.8, 4) is 0 Å². The quantitative estimate of drug-likeness (QED) is 0.481. The summed E-state index contributed by atoms with van der Waals surface area (Å²) in [5, 5.41) is 8.43. The van der Waals surface area contributed by atoms with Crippen molar-refractivity contribution in [2.75, 3.05) is 10.6 Å². The fraction of sp³-hybridized carbons (Fsp3) is 0.150. The van der Waals surface area contributed by atoms with Crippen LogP contribution in [-0.4, -0.2) is 23.0 Å². The summed E-state index contributed by atoms with van der Waals surface area (Å²) < 4.78 is 5.21. The first-order valence-electron chi connectivity index (χ1n) is 8.63. The fourth-order valence-electron chi connectivity index (χ4n) is 2.33. The predicted octanol–water partition coefficient (Wildman–Crippen LogP) is 5.25. The number of anilines is 2. The van der Waals surface area contributed by atoms with Crippen LogP contribution in [0.15, 0.2) is 53.9 Å². The third kappa shape index (κ3) is 5.69. The van der Waals surface area contributed by atoms with E-state index in [1.807, 2.05) is 30.3 Å². The number of carbonyl (C=O) groups is 2. The number of amides is 1. The number of aromatic nitrogens is 1. The standard InChI is InChI=1S/C20H17Cl2N3O3S/c1-12(18(26)24-15-9-5-8-14(21)17(15)22)28-19(27)16-11-29-20(25-16)23-10-13-6-3-2-4-7-13/h2-9,11-12H,10H2,1H3,(H,23,25)(H,24,26). The maximum Gasteiger partial charge on any atom is 0.358 e. The van der Waals surface area contributed by atoms with Crippen LogP contribution in [0.2, 0.25) is 10.0 Å². The van der Waals surface area contributed by atoms with Crippen LogP contribution in [0.3, 0.4) is 0 Å². The molecule has 2 N–H and O–H groups in total. The summed E-state index contributed by atoms with van der Waals surface area (Å²) in [6.45, 7) is 2.05. The topological polar surface area (TPSA) is 80.3 Å². The van der Waals surface area contributed by atoms with E-state index in [9.17, 15) is 9.59 Å². The lowest BCUT2D eigenvalue weighted by atomic mass is 10.2. The molecule has 3 aromatic rings. The molecule has 1 aromatic heterocycles. The number of carbonyl (C=O) groups excluding carboxylic acids is 2. The molecule has 9 heteroatoms. The highest BCUT2D eigenvalue weighted by Gasteiger charge is 2.22. The van der Waals surface area contributed by atoms with Crippen molar-refractivity contribution in [3.05, 3.63) is 75.2 Å². The van der Waals surface area contributed by atoms with Crippen molar-refractivity contribution < 1.29 is 14.3 Å². The van der Waals surface area contributed by atoms with Gasteiger partial charge in [-0.15, -0.1) is 11.3 Å². The van der Waals surface area contributed by atoms with E-state index in [0.717, 1.165) is 5.56 Å². The lowest BCUT2D eigenvalue weighted by Crippen LogP contribution is -2.30. The molecule has 1 heterocycles. The summed E-state index contributed by atoms with van der Waals surface area (Å²) in [5.41, 5.74) is 1.57.